The van der Waals surface area contributed by atoms with Crippen molar-refractivity contribution in [1.82, 2.24) is 9.88 Å². The number of anilines is 3. The molecule has 3 amide bonds. The molecule has 238 valence electrons. The zero-order valence-corrected chi connectivity index (χ0v) is 26.3. The van der Waals surface area contributed by atoms with Crippen LogP contribution < -0.4 is 20.3 Å². The summed E-state index contributed by atoms with van der Waals surface area (Å²) in [6.07, 6.45) is 4.08. The lowest BCUT2D eigenvalue weighted by molar-refractivity contribution is 0.0126. The van der Waals surface area contributed by atoms with E-state index in [1.54, 1.807) is 17.0 Å². The van der Waals surface area contributed by atoms with Gasteiger partial charge >= 0.3 is 6.09 Å². The summed E-state index contributed by atoms with van der Waals surface area (Å²) in [5.74, 6) is -1.20. The van der Waals surface area contributed by atoms with Gasteiger partial charge in [0.2, 0.25) is 0 Å². The molecular weight excluding hydrogens is 601 g/mol. The molecule has 3 heterocycles. The maximum atomic E-state index is 14.3. The fraction of sp³-hybridized carbons (Fsp3) is 0.394. The van der Waals surface area contributed by atoms with Crippen molar-refractivity contribution < 1.29 is 28.2 Å². The molecule has 2 aliphatic heterocycles. The van der Waals surface area contributed by atoms with Crippen LogP contribution in [0.1, 0.15) is 67.2 Å². The molecule has 0 unspecified atom stereocenters. The monoisotopic (exact) mass is 637 g/mol. The number of halogens is 2. The fourth-order valence-corrected chi connectivity index (χ4v) is 5.38. The molecule has 3 aromatic rings. The first-order chi connectivity index (χ1) is 21.4. The normalized spacial score (nSPS) is 15.5. The van der Waals surface area contributed by atoms with Crippen LogP contribution in [0.5, 0.6) is 5.75 Å². The molecule has 0 aliphatic carbocycles. The third-order valence-corrected chi connectivity index (χ3v) is 7.74. The van der Waals surface area contributed by atoms with Crippen LogP contribution >= 0.6 is 11.6 Å². The molecule has 12 heteroatoms. The van der Waals surface area contributed by atoms with Crippen molar-refractivity contribution >= 4 is 46.7 Å². The number of amides is 3. The van der Waals surface area contributed by atoms with Gasteiger partial charge in [-0.2, -0.15) is 0 Å². The van der Waals surface area contributed by atoms with Gasteiger partial charge in [0.1, 0.15) is 29.1 Å². The second kappa shape index (κ2) is 13.7. The van der Waals surface area contributed by atoms with Crippen LogP contribution in [0, 0.1) is 5.82 Å². The predicted molar refractivity (Wildman–Crippen MR) is 171 cm³/mol. The Morgan fingerprint density at radius 3 is 2.29 bits per heavy atom. The van der Waals surface area contributed by atoms with Gasteiger partial charge < -0.3 is 29.9 Å². The summed E-state index contributed by atoms with van der Waals surface area (Å²) in [4.78, 5) is 47.3. The van der Waals surface area contributed by atoms with Crippen LogP contribution in [0.25, 0.3) is 0 Å². The smallest absolute Gasteiger partial charge is 0.410 e. The average Bonchev–Trinajstić information content (AvgIpc) is 3.54. The molecule has 1 aromatic heterocycles. The number of rotatable bonds is 7. The number of carbonyl (C=O) groups is 3. The van der Waals surface area contributed by atoms with E-state index >= 15 is 0 Å². The Hall–Kier alpha value is -4.38. The zero-order chi connectivity index (χ0) is 32.1. The number of ether oxygens (including phenoxy) is 2. The lowest BCUT2D eigenvalue weighted by Gasteiger charge is -2.34. The van der Waals surface area contributed by atoms with Crippen molar-refractivity contribution in [3.63, 3.8) is 0 Å². The van der Waals surface area contributed by atoms with Gasteiger partial charge in [0, 0.05) is 57.0 Å². The average molecular weight is 638 g/mol. The molecule has 5 rings (SSSR count). The molecule has 0 atom stereocenters. The summed E-state index contributed by atoms with van der Waals surface area (Å²) >= 11 is 5.88. The fourth-order valence-electron chi connectivity index (χ4n) is 5.27. The first-order valence-corrected chi connectivity index (χ1v) is 15.4. The van der Waals surface area contributed by atoms with Crippen molar-refractivity contribution in [3.8, 4) is 5.75 Å². The van der Waals surface area contributed by atoms with E-state index in [0.29, 0.717) is 36.7 Å². The first-order valence-electron chi connectivity index (χ1n) is 15.0. The largest absolute Gasteiger partial charge is 0.489 e. The van der Waals surface area contributed by atoms with Crippen LogP contribution in [-0.2, 0) is 4.74 Å². The van der Waals surface area contributed by atoms with Crippen LogP contribution in [-0.4, -0.2) is 65.7 Å². The van der Waals surface area contributed by atoms with E-state index in [0.717, 1.165) is 37.7 Å². The van der Waals surface area contributed by atoms with E-state index in [1.807, 2.05) is 32.9 Å². The Morgan fingerprint density at radius 1 is 0.911 bits per heavy atom. The predicted octanol–water partition coefficient (Wildman–Crippen LogP) is 6.76. The second-order valence-corrected chi connectivity index (χ2v) is 12.6. The minimum absolute atomic E-state index is 0.0780. The molecule has 45 heavy (non-hydrogen) atoms. The van der Waals surface area contributed by atoms with Crippen molar-refractivity contribution in [1.29, 1.82) is 0 Å². The summed E-state index contributed by atoms with van der Waals surface area (Å²) in [5.41, 5.74) is 0.671. The summed E-state index contributed by atoms with van der Waals surface area (Å²) in [6.45, 7) is 8.25. The van der Waals surface area contributed by atoms with Gasteiger partial charge in [0.15, 0.2) is 0 Å². The van der Waals surface area contributed by atoms with Gasteiger partial charge in [0.25, 0.3) is 11.8 Å². The third-order valence-electron chi connectivity index (χ3n) is 7.51. The Kier molecular flexibility index (Phi) is 9.77. The maximum Gasteiger partial charge on any atom is 0.410 e. The number of piperidine rings is 1. The van der Waals surface area contributed by atoms with Gasteiger partial charge in [-0.15, -0.1) is 0 Å². The number of carbonyl (C=O) groups excluding carboxylic acids is 3. The van der Waals surface area contributed by atoms with Crippen LogP contribution in [0.2, 0.25) is 5.02 Å². The van der Waals surface area contributed by atoms with Gasteiger partial charge in [-0.3, -0.25) is 9.59 Å². The second-order valence-electron chi connectivity index (χ2n) is 12.1. The highest BCUT2D eigenvalue weighted by atomic mass is 35.5. The van der Waals surface area contributed by atoms with Crippen molar-refractivity contribution in [2.24, 2.45) is 0 Å². The number of hydrogen-bond acceptors (Lipinski definition) is 7. The quantitative estimate of drug-likeness (QED) is 0.294. The highest BCUT2D eigenvalue weighted by molar-refractivity contribution is 6.30. The van der Waals surface area contributed by atoms with E-state index < -0.39 is 23.2 Å². The van der Waals surface area contributed by atoms with Crippen molar-refractivity contribution in [2.45, 2.75) is 58.2 Å². The van der Waals surface area contributed by atoms with Gasteiger partial charge in [-0.05, 0) is 76.1 Å². The van der Waals surface area contributed by atoms with Crippen molar-refractivity contribution in [3.05, 3.63) is 76.7 Å². The topological polar surface area (TPSA) is 113 Å². The summed E-state index contributed by atoms with van der Waals surface area (Å²) in [6, 6.07) is 12.1. The number of aromatic nitrogens is 1. The highest BCUT2D eigenvalue weighted by Crippen LogP contribution is 2.32. The van der Waals surface area contributed by atoms with E-state index in [9.17, 15) is 18.8 Å². The summed E-state index contributed by atoms with van der Waals surface area (Å²) < 4.78 is 26.2. The number of nitrogens with one attached hydrogen (secondary N) is 2. The van der Waals surface area contributed by atoms with E-state index in [2.05, 4.69) is 20.5 Å². The minimum Gasteiger partial charge on any atom is -0.489 e. The highest BCUT2D eigenvalue weighted by Gasteiger charge is 2.29. The summed E-state index contributed by atoms with van der Waals surface area (Å²) in [7, 11) is 0. The molecule has 10 nitrogen and oxygen atoms in total. The molecular formula is C33H37ClFN5O5. The Labute approximate surface area is 266 Å². The lowest BCUT2D eigenvalue weighted by atomic mass is 10.1. The van der Waals surface area contributed by atoms with Gasteiger partial charge in [-0.1, -0.05) is 11.6 Å². The molecule has 2 saturated heterocycles. The zero-order valence-electron chi connectivity index (χ0n) is 25.6. The van der Waals surface area contributed by atoms with E-state index in [-0.39, 0.29) is 34.8 Å². The SMILES string of the molecule is CC(C)(C)OC(=O)N1CCC(Oc2cc(N3CCCC3)ccc2C(=O)Nc2ccc(F)cc2C(=O)Nc2ccc(Cl)cn2)CC1. The van der Waals surface area contributed by atoms with E-state index in [1.165, 1.54) is 24.4 Å². The maximum absolute atomic E-state index is 14.3. The van der Waals surface area contributed by atoms with Gasteiger partial charge in [-0.25, -0.2) is 14.2 Å². The molecule has 2 aromatic carbocycles. The van der Waals surface area contributed by atoms with Crippen LogP contribution in [0.4, 0.5) is 26.4 Å². The van der Waals surface area contributed by atoms with Crippen LogP contribution in [0.3, 0.4) is 0 Å². The molecule has 0 saturated carbocycles. The Bertz CT molecular complexity index is 1550. The molecule has 0 radical (unpaired) electrons. The standard InChI is InChI=1S/C33H37ClFN5O5/c1-33(2,3)45-32(43)40-16-12-24(13-17-40)44-28-19-23(39-14-4-5-15-39)8-9-25(28)30(41)37-27-10-7-22(35)18-26(27)31(42)38-29-11-6-21(34)20-36-29/h6-11,18-20,24H,4-5,12-17H2,1-3H3,(H,37,41)(H,36,38,42). The molecule has 2 aliphatic rings. The number of nitrogens with zero attached hydrogens (tertiary/aromatic N) is 3. The first kappa shape index (κ1) is 32.0. The lowest BCUT2D eigenvalue weighted by Crippen LogP contribution is -2.44. The Morgan fingerprint density at radius 2 is 1.62 bits per heavy atom. The number of benzene rings is 2. The van der Waals surface area contributed by atoms with Crippen LogP contribution in [0.15, 0.2) is 54.7 Å². The molecule has 0 spiro atoms. The minimum atomic E-state index is -0.655. The summed E-state index contributed by atoms with van der Waals surface area (Å²) in [5, 5.41) is 5.77. The Balaban J connectivity index is 1.34. The molecule has 2 fully saturated rings. The van der Waals surface area contributed by atoms with Gasteiger partial charge in [0.05, 0.1) is 21.8 Å². The number of hydrogen-bond donors (Lipinski definition) is 2. The van der Waals surface area contributed by atoms with Crippen molar-refractivity contribution in [2.75, 3.05) is 41.7 Å². The third kappa shape index (κ3) is 8.42. The number of pyridine rings is 1. The molecule has 0 bridgehead atoms. The molecule has 2 N–H and O–H groups in total. The van der Waals surface area contributed by atoms with E-state index in [4.69, 9.17) is 21.1 Å². The number of likely N-dealkylation sites (tertiary alicyclic amines) is 1.